The molecule has 2 saturated heterocycles. The monoisotopic (exact) mass is 253 g/mol. The number of hydrogen-bond donors (Lipinski definition) is 1. The number of rotatable bonds is 2. The molecule has 3 fully saturated rings. The SMILES string of the molecule is O=C(O)C1C2CCCC2CN1C(=O)[C@@H]1CCCO1. The predicted molar refractivity (Wildman–Crippen MR) is 62.9 cm³/mol. The third-order valence-corrected chi connectivity index (χ3v) is 4.63. The fourth-order valence-corrected chi connectivity index (χ4v) is 3.81. The average molecular weight is 253 g/mol. The Hall–Kier alpha value is -1.10. The number of hydrogen-bond acceptors (Lipinski definition) is 3. The molecule has 1 saturated carbocycles. The Morgan fingerprint density at radius 2 is 2.00 bits per heavy atom. The first-order chi connectivity index (χ1) is 8.68. The lowest BCUT2D eigenvalue weighted by atomic mass is 9.94. The van der Waals surface area contributed by atoms with Crippen LogP contribution in [-0.4, -0.2) is 47.2 Å². The van der Waals surface area contributed by atoms with Gasteiger partial charge in [-0.2, -0.15) is 0 Å². The van der Waals surface area contributed by atoms with Crippen molar-refractivity contribution in [2.75, 3.05) is 13.2 Å². The van der Waals surface area contributed by atoms with Crippen molar-refractivity contribution in [3.05, 3.63) is 0 Å². The molecule has 0 aromatic rings. The van der Waals surface area contributed by atoms with Gasteiger partial charge < -0.3 is 14.7 Å². The van der Waals surface area contributed by atoms with Gasteiger partial charge in [0, 0.05) is 13.2 Å². The van der Waals surface area contributed by atoms with Gasteiger partial charge in [0.1, 0.15) is 12.1 Å². The smallest absolute Gasteiger partial charge is 0.326 e. The van der Waals surface area contributed by atoms with Crippen LogP contribution in [0.15, 0.2) is 0 Å². The van der Waals surface area contributed by atoms with Gasteiger partial charge in [0.25, 0.3) is 5.91 Å². The molecule has 2 aliphatic heterocycles. The minimum absolute atomic E-state index is 0.102. The minimum atomic E-state index is -0.851. The summed E-state index contributed by atoms with van der Waals surface area (Å²) in [5.74, 6) is -0.408. The molecule has 18 heavy (non-hydrogen) atoms. The summed E-state index contributed by atoms with van der Waals surface area (Å²) in [6, 6.07) is -0.616. The molecular formula is C13H19NO4. The number of amides is 1. The molecule has 0 radical (unpaired) electrons. The van der Waals surface area contributed by atoms with E-state index in [4.69, 9.17) is 4.74 Å². The molecule has 3 unspecified atom stereocenters. The summed E-state index contributed by atoms with van der Waals surface area (Å²) in [6.07, 6.45) is 4.33. The lowest BCUT2D eigenvalue weighted by molar-refractivity contribution is -0.153. The number of ether oxygens (including phenoxy) is 1. The van der Waals surface area contributed by atoms with Crippen LogP contribution in [0.3, 0.4) is 0 Å². The first kappa shape index (κ1) is 12.0. The molecule has 1 amide bonds. The van der Waals surface area contributed by atoms with Crippen molar-refractivity contribution in [3.63, 3.8) is 0 Å². The van der Waals surface area contributed by atoms with Gasteiger partial charge in [0.05, 0.1) is 0 Å². The molecular weight excluding hydrogens is 234 g/mol. The van der Waals surface area contributed by atoms with E-state index in [0.717, 1.165) is 32.1 Å². The normalized spacial score (nSPS) is 39.0. The molecule has 100 valence electrons. The highest BCUT2D eigenvalue weighted by Crippen LogP contribution is 2.42. The van der Waals surface area contributed by atoms with Crippen molar-refractivity contribution >= 4 is 11.9 Å². The zero-order chi connectivity index (χ0) is 12.7. The number of carboxylic acid groups (broad SMARTS) is 1. The Labute approximate surface area is 106 Å². The summed E-state index contributed by atoms with van der Waals surface area (Å²) >= 11 is 0. The van der Waals surface area contributed by atoms with Gasteiger partial charge in [0.15, 0.2) is 0 Å². The lowest BCUT2D eigenvalue weighted by Crippen LogP contribution is -2.47. The maximum Gasteiger partial charge on any atom is 0.326 e. The molecule has 0 aromatic heterocycles. The highest BCUT2D eigenvalue weighted by molar-refractivity contribution is 5.87. The molecule has 3 rings (SSSR count). The number of carbonyl (C=O) groups is 2. The maximum atomic E-state index is 12.3. The lowest BCUT2D eigenvalue weighted by Gasteiger charge is -2.26. The van der Waals surface area contributed by atoms with E-state index in [1.807, 2.05) is 0 Å². The highest BCUT2D eigenvalue weighted by atomic mass is 16.5. The zero-order valence-corrected chi connectivity index (χ0v) is 10.4. The van der Waals surface area contributed by atoms with Gasteiger partial charge >= 0.3 is 5.97 Å². The van der Waals surface area contributed by atoms with Gasteiger partial charge in [-0.25, -0.2) is 4.79 Å². The third-order valence-electron chi connectivity index (χ3n) is 4.63. The van der Waals surface area contributed by atoms with Crippen molar-refractivity contribution in [1.29, 1.82) is 0 Å². The van der Waals surface area contributed by atoms with E-state index in [1.165, 1.54) is 0 Å². The Morgan fingerprint density at radius 3 is 2.67 bits per heavy atom. The Morgan fingerprint density at radius 1 is 1.17 bits per heavy atom. The van der Waals surface area contributed by atoms with Gasteiger partial charge in [-0.15, -0.1) is 0 Å². The number of nitrogens with zero attached hydrogens (tertiary/aromatic N) is 1. The second-order valence-electron chi connectivity index (χ2n) is 5.63. The van der Waals surface area contributed by atoms with Crippen LogP contribution in [0.25, 0.3) is 0 Å². The molecule has 0 bridgehead atoms. The number of fused-ring (bicyclic) bond motifs is 1. The molecule has 4 atom stereocenters. The molecule has 0 spiro atoms. The van der Waals surface area contributed by atoms with E-state index in [-0.39, 0.29) is 11.8 Å². The summed E-state index contributed by atoms with van der Waals surface area (Å²) in [5.41, 5.74) is 0. The number of likely N-dealkylation sites (tertiary alicyclic amines) is 1. The van der Waals surface area contributed by atoms with E-state index in [9.17, 15) is 14.7 Å². The van der Waals surface area contributed by atoms with Crippen molar-refractivity contribution < 1.29 is 19.4 Å². The van der Waals surface area contributed by atoms with Crippen LogP contribution >= 0.6 is 0 Å². The van der Waals surface area contributed by atoms with E-state index < -0.39 is 18.1 Å². The van der Waals surface area contributed by atoms with Gasteiger partial charge in [0.2, 0.25) is 0 Å². The van der Waals surface area contributed by atoms with E-state index >= 15 is 0 Å². The first-order valence-corrected chi connectivity index (χ1v) is 6.83. The maximum absolute atomic E-state index is 12.3. The largest absolute Gasteiger partial charge is 0.480 e. The Bertz CT molecular complexity index is 364. The molecule has 0 aromatic carbocycles. The summed E-state index contributed by atoms with van der Waals surface area (Å²) in [6.45, 7) is 1.23. The quantitative estimate of drug-likeness (QED) is 0.793. The number of aliphatic carboxylic acids is 1. The first-order valence-electron chi connectivity index (χ1n) is 6.83. The highest BCUT2D eigenvalue weighted by Gasteiger charge is 2.50. The summed E-state index contributed by atoms with van der Waals surface area (Å²) < 4.78 is 5.39. The van der Waals surface area contributed by atoms with Crippen molar-refractivity contribution in [2.24, 2.45) is 11.8 Å². The molecule has 5 heteroatoms. The fraction of sp³-hybridized carbons (Fsp3) is 0.846. The van der Waals surface area contributed by atoms with Crippen LogP contribution in [0.1, 0.15) is 32.1 Å². The van der Waals surface area contributed by atoms with Crippen molar-refractivity contribution in [2.45, 2.75) is 44.2 Å². The summed E-state index contributed by atoms with van der Waals surface area (Å²) in [5, 5.41) is 9.39. The second kappa shape index (κ2) is 4.53. The van der Waals surface area contributed by atoms with Crippen LogP contribution in [0.5, 0.6) is 0 Å². The van der Waals surface area contributed by atoms with Crippen LogP contribution in [-0.2, 0) is 14.3 Å². The topological polar surface area (TPSA) is 66.8 Å². The minimum Gasteiger partial charge on any atom is -0.480 e. The second-order valence-corrected chi connectivity index (χ2v) is 5.63. The molecule has 2 heterocycles. The fourth-order valence-electron chi connectivity index (χ4n) is 3.81. The molecule has 1 aliphatic carbocycles. The van der Waals surface area contributed by atoms with Crippen LogP contribution in [0, 0.1) is 11.8 Å². The molecule has 3 aliphatic rings. The van der Waals surface area contributed by atoms with E-state index in [2.05, 4.69) is 0 Å². The van der Waals surface area contributed by atoms with Gasteiger partial charge in [-0.05, 0) is 37.5 Å². The summed E-state index contributed by atoms with van der Waals surface area (Å²) in [4.78, 5) is 25.3. The standard InChI is InChI=1S/C13H19NO4/c15-12(10-5-2-6-18-10)14-7-8-3-1-4-9(8)11(14)13(16)17/h8-11H,1-7H2,(H,16,17)/t8?,9?,10-,11?/m0/s1. The average Bonchev–Trinajstić information content (AvgIpc) is 3.03. The van der Waals surface area contributed by atoms with Gasteiger partial charge in [-0.3, -0.25) is 4.79 Å². The number of carboxylic acids is 1. The predicted octanol–water partition coefficient (Wildman–Crippen LogP) is 0.877. The summed E-state index contributed by atoms with van der Waals surface area (Å²) in [7, 11) is 0. The van der Waals surface area contributed by atoms with Crippen molar-refractivity contribution in [1.82, 2.24) is 4.90 Å². The Kier molecular flexibility index (Phi) is 3.01. The molecule has 5 nitrogen and oxygen atoms in total. The van der Waals surface area contributed by atoms with Crippen LogP contribution in [0.4, 0.5) is 0 Å². The van der Waals surface area contributed by atoms with Gasteiger partial charge in [-0.1, -0.05) is 6.42 Å². The third kappa shape index (κ3) is 1.81. The zero-order valence-electron chi connectivity index (χ0n) is 10.4. The number of carbonyl (C=O) groups excluding carboxylic acids is 1. The van der Waals surface area contributed by atoms with E-state index in [1.54, 1.807) is 4.90 Å². The van der Waals surface area contributed by atoms with Crippen LogP contribution in [0.2, 0.25) is 0 Å². The molecule has 1 N–H and O–H groups in total. The van der Waals surface area contributed by atoms with Crippen LogP contribution < -0.4 is 0 Å². The van der Waals surface area contributed by atoms with Crippen molar-refractivity contribution in [3.8, 4) is 0 Å². The van der Waals surface area contributed by atoms with E-state index in [0.29, 0.717) is 19.1 Å². The Balaban J connectivity index is 1.78.